The molecule has 0 aliphatic rings. The van der Waals surface area contributed by atoms with Crippen LogP contribution in [-0.4, -0.2) is 44.1 Å². The second-order valence-electron chi connectivity index (χ2n) is 6.09. The lowest BCUT2D eigenvalue weighted by Crippen LogP contribution is -2.30. The maximum Gasteiger partial charge on any atom is 0.339 e. The molecule has 0 spiro atoms. The Labute approximate surface area is 162 Å². The van der Waals surface area contributed by atoms with E-state index in [1.54, 1.807) is 43.3 Å². The molecule has 1 amide bonds. The number of amides is 1. The van der Waals surface area contributed by atoms with Crippen LogP contribution in [0.15, 0.2) is 42.5 Å². The number of ether oxygens (including phenoxy) is 2. The lowest BCUT2D eigenvalue weighted by Gasteiger charge is -2.16. The molecule has 0 saturated carbocycles. The standard InChI is InChI=1S/C19H21N3O6/c1-12(18(23)20-14-7-5-6-8-17(14)27-4)28-19(24)13-9-10-15(21(2)3)16(11-13)22(25)26/h5-12H,1-4H3,(H,20,23)/t12-/m0/s1. The molecule has 0 saturated heterocycles. The largest absolute Gasteiger partial charge is 0.495 e. The molecule has 0 aliphatic carbocycles. The third-order valence-electron chi connectivity index (χ3n) is 3.91. The Balaban J connectivity index is 2.12. The van der Waals surface area contributed by atoms with Crippen molar-refractivity contribution in [1.82, 2.24) is 0 Å². The number of esters is 1. The molecule has 0 fully saturated rings. The van der Waals surface area contributed by atoms with Crippen LogP contribution in [0, 0.1) is 10.1 Å². The number of methoxy groups -OCH3 is 1. The van der Waals surface area contributed by atoms with E-state index in [4.69, 9.17) is 9.47 Å². The summed E-state index contributed by atoms with van der Waals surface area (Å²) in [5.41, 5.74) is 0.534. The summed E-state index contributed by atoms with van der Waals surface area (Å²) in [5.74, 6) is -0.933. The van der Waals surface area contributed by atoms with Gasteiger partial charge in [0.25, 0.3) is 11.6 Å². The molecule has 0 unspecified atom stereocenters. The highest BCUT2D eigenvalue weighted by atomic mass is 16.6. The minimum absolute atomic E-state index is 0.0192. The van der Waals surface area contributed by atoms with E-state index in [1.807, 2.05) is 0 Å². The molecule has 0 aromatic heterocycles. The number of rotatable bonds is 7. The fourth-order valence-electron chi connectivity index (χ4n) is 2.44. The molecule has 0 radical (unpaired) electrons. The second-order valence-corrected chi connectivity index (χ2v) is 6.09. The van der Waals surface area contributed by atoms with Gasteiger partial charge in [0.2, 0.25) is 0 Å². The van der Waals surface area contributed by atoms with Gasteiger partial charge in [-0.25, -0.2) is 4.79 Å². The summed E-state index contributed by atoms with van der Waals surface area (Å²) in [6.45, 7) is 1.41. The lowest BCUT2D eigenvalue weighted by atomic mass is 10.1. The van der Waals surface area contributed by atoms with Crippen LogP contribution < -0.4 is 15.0 Å². The summed E-state index contributed by atoms with van der Waals surface area (Å²) < 4.78 is 10.3. The Kier molecular flexibility index (Phi) is 6.54. The number of nitrogens with zero attached hydrogens (tertiary/aromatic N) is 2. The minimum Gasteiger partial charge on any atom is -0.495 e. The summed E-state index contributed by atoms with van der Waals surface area (Å²) in [6, 6.07) is 10.8. The maximum absolute atomic E-state index is 12.3. The molecule has 2 aromatic rings. The number of nitro benzene ring substituents is 1. The van der Waals surface area contributed by atoms with Crippen LogP contribution >= 0.6 is 0 Å². The molecule has 1 atom stereocenters. The van der Waals surface area contributed by atoms with Crippen molar-refractivity contribution in [2.75, 3.05) is 31.4 Å². The number of hydrogen-bond acceptors (Lipinski definition) is 7. The number of nitro groups is 1. The summed E-state index contributed by atoms with van der Waals surface area (Å²) in [5, 5.41) is 13.9. The number of anilines is 2. The number of hydrogen-bond donors (Lipinski definition) is 1. The van der Waals surface area contributed by atoms with Gasteiger partial charge < -0.3 is 19.7 Å². The molecule has 1 N–H and O–H groups in total. The highest BCUT2D eigenvalue weighted by Gasteiger charge is 2.23. The Morgan fingerprint density at radius 3 is 2.46 bits per heavy atom. The average Bonchev–Trinajstić information content (AvgIpc) is 2.67. The van der Waals surface area contributed by atoms with Crippen molar-refractivity contribution in [3.05, 3.63) is 58.1 Å². The van der Waals surface area contributed by atoms with Gasteiger partial charge in [0, 0.05) is 20.2 Å². The van der Waals surface area contributed by atoms with Crippen molar-refractivity contribution < 1.29 is 24.0 Å². The third-order valence-corrected chi connectivity index (χ3v) is 3.91. The monoisotopic (exact) mass is 387 g/mol. The highest BCUT2D eigenvalue weighted by Crippen LogP contribution is 2.28. The predicted molar refractivity (Wildman–Crippen MR) is 104 cm³/mol. The van der Waals surface area contributed by atoms with Crippen molar-refractivity contribution in [2.24, 2.45) is 0 Å². The lowest BCUT2D eigenvalue weighted by molar-refractivity contribution is -0.384. The fourth-order valence-corrected chi connectivity index (χ4v) is 2.44. The van der Waals surface area contributed by atoms with Gasteiger partial charge in [-0.15, -0.1) is 0 Å². The van der Waals surface area contributed by atoms with Crippen LogP contribution in [-0.2, 0) is 9.53 Å². The van der Waals surface area contributed by atoms with Gasteiger partial charge in [-0.05, 0) is 31.2 Å². The first-order valence-electron chi connectivity index (χ1n) is 8.35. The van der Waals surface area contributed by atoms with Gasteiger partial charge in [-0.3, -0.25) is 14.9 Å². The van der Waals surface area contributed by atoms with Crippen molar-refractivity contribution in [3.63, 3.8) is 0 Å². The van der Waals surface area contributed by atoms with Crippen LogP contribution in [0.1, 0.15) is 17.3 Å². The first-order chi connectivity index (χ1) is 13.2. The molecule has 2 aromatic carbocycles. The van der Waals surface area contributed by atoms with Crippen molar-refractivity contribution in [3.8, 4) is 5.75 Å². The van der Waals surface area contributed by atoms with Gasteiger partial charge in [0.1, 0.15) is 11.4 Å². The summed E-state index contributed by atoms with van der Waals surface area (Å²) in [6.07, 6.45) is -1.12. The maximum atomic E-state index is 12.3. The molecule has 148 valence electrons. The van der Waals surface area contributed by atoms with E-state index in [0.717, 1.165) is 6.07 Å². The van der Waals surface area contributed by atoms with Gasteiger partial charge in [-0.2, -0.15) is 0 Å². The molecule has 9 heteroatoms. The Morgan fingerprint density at radius 1 is 1.18 bits per heavy atom. The van der Waals surface area contributed by atoms with Gasteiger partial charge >= 0.3 is 5.97 Å². The van der Waals surface area contributed by atoms with E-state index in [9.17, 15) is 19.7 Å². The molecular weight excluding hydrogens is 366 g/mol. The molecule has 9 nitrogen and oxygen atoms in total. The van der Waals surface area contributed by atoms with Crippen LogP contribution in [0.5, 0.6) is 5.75 Å². The molecular formula is C19H21N3O6. The third kappa shape index (κ3) is 4.76. The molecule has 0 aliphatic heterocycles. The van der Waals surface area contributed by atoms with Crippen LogP contribution in [0.2, 0.25) is 0 Å². The van der Waals surface area contributed by atoms with Crippen molar-refractivity contribution in [1.29, 1.82) is 0 Å². The number of carbonyl (C=O) groups excluding carboxylic acids is 2. The average molecular weight is 387 g/mol. The van der Waals surface area contributed by atoms with Gasteiger partial charge in [0.15, 0.2) is 6.10 Å². The minimum atomic E-state index is -1.12. The van der Waals surface area contributed by atoms with Gasteiger partial charge in [-0.1, -0.05) is 12.1 Å². The molecule has 0 heterocycles. The number of para-hydroxylation sites is 2. The zero-order chi connectivity index (χ0) is 20.8. The second kappa shape index (κ2) is 8.85. The Morgan fingerprint density at radius 2 is 1.86 bits per heavy atom. The van der Waals surface area contributed by atoms with Crippen LogP contribution in [0.3, 0.4) is 0 Å². The molecule has 28 heavy (non-hydrogen) atoms. The fraction of sp³-hybridized carbons (Fsp3) is 0.263. The first kappa shape index (κ1) is 20.7. The van der Waals surface area contributed by atoms with E-state index in [1.165, 1.54) is 26.2 Å². The Bertz CT molecular complexity index is 897. The van der Waals surface area contributed by atoms with Crippen LogP contribution in [0.25, 0.3) is 0 Å². The van der Waals surface area contributed by atoms with E-state index < -0.39 is 22.9 Å². The van der Waals surface area contributed by atoms with E-state index in [2.05, 4.69) is 5.32 Å². The van der Waals surface area contributed by atoms with Crippen molar-refractivity contribution >= 4 is 28.9 Å². The zero-order valence-corrected chi connectivity index (χ0v) is 16.0. The zero-order valence-electron chi connectivity index (χ0n) is 16.0. The normalized spacial score (nSPS) is 11.3. The molecule has 0 bridgehead atoms. The van der Waals surface area contributed by atoms with E-state index in [0.29, 0.717) is 17.1 Å². The van der Waals surface area contributed by atoms with E-state index >= 15 is 0 Å². The number of carbonyl (C=O) groups is 2. The Hall–Kier alpha value is -3.62. The molecule has 2 rings (SSSR count). The first-order valence-corrected chi connectivity index (χ1v) is 8.35. The SMILES string of the molecule is COc1ccccc1NC(=O)[C@H](C)OC(=O)c1ccc(N(C)C)c([N+](=O)[O-])c1. The van der Waals surface area contributed by atoms with E-state index in [-0.39, 0.29) is 11.3 Å². The quantitative estimate of drug-likeness (QED) is 0.442. The summed E-state index contributed by atoms with van der Waals surface area (Å²) in [7, 11) is 4.79. The number of nitrogens with one attached hydrogen (secondary N) is 1. The topological polar surface area (TPSA) is 111 Å². The summed E-state index contributed by atoms with van der Waals surface area (Å²) in [4.78, 5) is 36.9. The number of benzene rings is 2. The highest BCUT2D eigenvalue weighted by molar-refractivity contribution is 5.98. The smallest absolute Gasteiger partial charge is 0.339 e. The predicted octanol–water partition coefficient (Wildman–Crippen LogP) is 2.85. The van der Waals surface area contributed by atoms with Gasteiger partial charge in [0.05, 0.1) is 23.3 Å². The summed E-state index contributed by atoms with van der Waals surface area (Å²) >= 11 is 0. The van der Waals surface area contributed by atoms with Crippen molar-refractivity contribution in [2.45, 2.75) is 13.0 Å². The van der Waals surface area contributed by atoms with Crippen LogP contribution in [0.4, 0.5) is 17.1 Å².